The molecule has 0 bridgehead atoms. The van der Waals surface area contributed by atoms with Crippen LogP contribution in [0.25, 0.3) is 0 Å². The maximum Gasteiger partial charge on any atom is 0.252 e. The van der Waals surface area contributed by atoms with Crippen LogP contribution in [0.15, 0.2) is 43.0 Å². The van der Waals surface area contributed by atoms with Crippen LogP contribution in [-0.4, -0.2) is 47.2 Å². The number of benzene rings is 1. The molecule has 0 atom stereocenters. The van der Waals surface area contributed by atoms with E-state index in [1.807, 2.05) is 18.2 Å². The van der Waals surface area contributed by atoms with Crippen molar-refractivity contribution >= 4 is 17.7 Å². The van der Waals surface area contributed by atoms with Gasteiger partial charge >= 0.3 is 0 Å². The molecule has 1 aliphatic rings. The Bertz CT molecular complexity index is 583. The lowest BCUT2D eigenvalue weighted by Gasteiger charge is -2.32. The van der Waals surface area contributed by atoms with Crippen molar-refractivity contribution in [2.24, 2.45) is 0 Å². The largest absolute Gasteiger partial charge is 0.332 e. The fraction of sp³-hybridized carbons (Fsp3) is 0.389. The van der Waals surface area contributed by atoms with Crippen LogP contribution >= 0.6 is 0 Å². The molecule has 0 aromatic heterocycles. The lowest BCUT2D eigenvalue weighted by Crippen LogP contribution is -2.53. The summed E-state index contributed by atoms with van der Waals surface area (Å²) < 4.78 is 0. The highest BCUT2D eigenvalue weighted by atomic mass is 16.2. The Kier molecular flexibility index (Phi) is 6.09. The highest BCUT2D eigenvalue weighted by molar-refractivity contribution is 6.02. The minimum Gasteiger partial charge on any atom is -0.332 e. The van der Waals surface area contributed by atoms with Gasteiger partial charge in [-0.25, -0.2) is 0 Å². The molecule has 0 unspecified atom stereocenters. The second kappa shape index (κ2) is 8.27. The lowest BCUT2D eigenvalue weighted by molar-refractivity contribution is -0.151. The topological polar surface area (TPSA) is 57.7 Å². The highest BCUT2D eigenvalue weighted by Gasteiger charge is 2.29. The molecule has 1 fully saturated rings. The molecule has 1 heterocycles. The lowest BCUT2D eigenvalue weighted by atomic mass is 10.1. The van der Waals surface area contributed by atoms with Crippen LogP contribution in [0, 0.1) is 0 Å². The molecular weight excluding hydrogens is 292 g/mol. The molecular formula is C18H22N2O3. The predicted molar refractivity (Wildman–Crippen MR) is 87.5 cm³/mol. The average molecular weight is 314 g/mol. The van der Waals surface area contributed by atoms with Crippen molar-refractivity contribution in [3.8, 4) is 0 Å². The van der Waals surface area contributed by atoms with Gasteiger partial charge in [-0.1, -0.05) is 36.9 Å². The van der Waals surface area contributed by atoms with Gasteiger partial charge in [-0.2, -0.15) is 0 Å². The summed E-state index contributed by atoms with van der Waals surface area (Å²) >= 11 is 0. The molecule has 5 nitrogen and oxygen atoms in total. The molecule has 1 aromatic carbocycles. The molecule has 3 amide bonds. The monoisotopic (exact) mass is 314 g/mol. The minimum atomic E-state index is -0.398. The van der Waals surface area contributed by atoms with Crippen LogP contribution in [0.3, 0.4) is 0 Å². The van der Waals surface area contributed by atoms with Crippen molar-refractivity contribution in [3.05, 3.63) is 48.6 Å². The number of rotatable bonds is 6. The van der Waals surface area contributed by atoms with Gasteiger partial charge in [0.2, 0.25) is 11.8 Å². The number of carbonyl (C=O) groups is 3. The van der Waals surface area contributed by atoms with Crippen LogP contribution in [0.1, 0.15) is 24.8 Å². The third kappa shape index (κ3) is 4.77. The molecule has 1 aliphatic heterocycles. The van der Waals surface area contributed by atoms with Gasteiger partial charge < -0.3 is 4.90 Å². The quantitative estimate of drug-likeness (QED) is 0.594. The van der Waals surface area contributed by atoms with E-state index in [1.165, 1.54) is 10.5 Å². The van der Waals surface area contributed by atoms with Gasteiger partial charge in [0.15, 0.2) is 0 Å². The molecule has 122 valence electrons. The van der Waals surface area contributed by atoms with E-state index in [4.69, 9.17) is 0 Å². The summed E-state index contributed by atoms with van der Waals surface area (Å²) in [5, 5.41) is 0. The van der Waals surface area contributed by atoms with Gasteiger partial charge in [0.1, 0.15) is 6.54 Å². The van der Waals surface area contributed by atoms with Crippen LogP contribution < -0.4 is 0 Å². The summed E-state index contributed by atoms with van der Waals surface area (Å²) in [6, 6.07) is 10.2. The summed E-state index contributed by atoms with van der Waals surface area (Å²) in [4.78, 5) is 38.2. The van der Waals surface area contributed by atoms with E-state index in [2.05, 4.69) is 18.7 Å². The third-order valence-corrected chi connectivity index (χ3v) is 3.96. The Labute approximate surface area is 136 Å². The summed E-state index contributed by atoms with van der Waals surface area (Å²) in [5.41, 5.74) is 1.27. The number of unbranched alkanes of at least 4 members (excludes halogenated alkanes) is 1. The van der Waals surface area contributed by atoms with Crippen LogP contribution in [0.2, 0.25) is 0 Å². The number of aryl methyl sites for hydroxylation is 1. The molecule has 0 radical (unpaired) electrons. The first kappa shape index (κ1) is 16.9. The number of hydrogen-bond donors (Lipinski definition) is 0. The van der Waals surface area contributed by atoms with Gasteiger partial charge in [-0.05, 0) is 30.9 Å². The number of nitrogens with zero attached hydrogens (tertiary/aromatic N) is 2. The molecule has 1 saturated heterocycles. The molecule has 0 aliphatic carbocycles. The van der Waals surface area contributed by atoms with E-state index in [1.54, 1.807) is 0 Å². The normalized spacial score (nSPS) is 14.7. The second-order valence-electron chi connectivity index (χ2n) is 5.60. The van der Waals surface area contributed by atoms with Crippen molar-refractivity contribution in [2.75, 3.05) is 19.6 Å². The number of piperazine rings is 1. The van der Waals surface area contributed by atoms with Crippen molar-refractivity contribution < 1.29 is 14.4 Å². The Hall–Kier alpha value is -2.43. The van der Waals surface area contributed by atoms with Crippen molar-refractivity contribution in [3.63, 3.8) is 0 Å². The first-order valence-electron chi connectivity index (χ1n) is 7.90. The zero-order chi connectivity index (χ0) is 16.7. The van der Waals surface area contributed by atoms with Crippen molar-refractivity contribution in [1.29, 1.82) is 0 Å². The molecule has 2 rings (SSSR count). The smallest absolute Gasteiger partial charge is 0.252 e. The van der Waals surface area contributed by atoms with E-state index >= 15 is 0 Å². The van der Waals surface area contributed by atoms with E-state index in [0.29, 0.717) is 13.0 Å². The third-order valence-electron chi connectivity index (χ3n) is 3.96. The zero-order valence-corrected chi connectivity index (χ0v) is 13.2. The van der Waals surface area contributed by atoms with Crippen LogP contribution in [-0.2, 0) is 20.8 Å². The highest BCUT2D eigenvalue weighted by Crippen LogP contribution is 2.10. The maximum absolute atomic E-state index is 12.2. The van der Waals surface area contributed by atoms with Crippen molar-refractivity contribution in [2.45, 2.75) is 25.7 Å². The molecule has 1 aromatic rings. The summed E-state index contributed by atoms with van der Waals surface area (Å²) in [7, 11) is 0. The number of amides is 3. The fourth-order valence-electron chi connectivity index (χ4n) is 2.64. The van der Waals surface area contributed by atoms with Crippen LogP contribution in [0.4, 0.5) is 0 Å². The van der Waals surface area contributed by atoms with E-state index in [-0.39, 0.29) is 24.9 Å². The molecule has 0 saturated carbocycles. The van der Waals surface area contributed by atoms with Crippen LogP contribution in [0.5, 0.6) is 0 Å². The summed E-state index contributed by atoms with van der Waals surface area (Å²) in [5.74, 6) is -0.749. The molecule has 5 heteroatoms. The Morgan fingerprint density at radius 1 is 1.13 bits per heavy atom. The average Bonchev–Trinajstić information content (AvgIpc) is 2.58. The maximum atomic E-state index is 12.2. The van der Waals surface area contributed by atoms with Gasteiger partial charge in [-0.3, -0.25) is 19.3 Å². The predicted octanol–water partition coefficient (Wildman–Crippen LogP) is 1.78. The second-order valence-corrected chi connectivity index (χ2v) is 5.60. The molecule has 0 spiro atoms. The summed E-state index contributed by atoms with van der Waals surface area (Å²) in [6.45, 7) is 4.01. The van der Waals surface area contributed by atoms with Gasteiger partial charge in [0, 0.05) is 19.5 Å². The van der Waals surface area contributed by atoms with Gasteiger partial charge in [0.25, 0.3) is 5.91 Å². The minimum absolute atomic E-state index is 0.0166. The molecule has 0 N–H and O–H groups in total. The Morgan fingerprint density at radius 2 is 1.87 bits per heavy atom. The fourth-order valence-corrected chi connectivity index (χ4v) is 2.64. The van der Waals surface area contributed by atoms with Crippen molar-refractivity contribution in [1.82, 2.24) is 9.80 Å². The van der Waals surface area contributed by atoms with E-state index < -0.39 is 5.91 Å². The van der Waals surface area contributed by atoms with E-state index in [0.717, 1.165) is 30.2 Å². The number of carbonyl (C=O) groups excluding carboxylic acids is 3. The summed E-state index contributed by atoms with van der Waals surface area (Å²) in [6.07, 6.45) is 4.26. The first-order chi connectivity index (χ1) is 11.1. The Morgan fingerprint density at radius 3 is 2.52 bits per heavy atom. The number of imide groups is 1. The van der Waals surface area contributed by atoms with E-state index in [9.17, 15) is 14.4 Å². The zero-order valence-electron chi connectivity index (χ0n) is 13.2. The SMILES string of the molecule is C=CC(=O)N1CCN(C(=O)CCCCc2ccccc2)CC1=O. The Balaban J connectivity index is 1.71. The first-order valence-corrected chi connectivity index (χ1v) is 7.90. The molecule has 23 heavy (non-hydrogen) atoms. The standard InChI is InChI=1S/C18H22N2O3/c1-2-16(21)20-13-12-19(14-18(20)23)17(22)11-7-6-10-15-8-4-3-5-9-15/h2-5,8-9H,1,6-7,10-14H2. The van der Waals surface area contributed by atoms with Gasteiger partial charge in [-0.15, -0.1) is 0 Å². The van der Waals surface area contributed by atoms with Gasteiger partial charge in [0.05, 0.1) is 0 Å². The number of hydrogen-bond acceptors (Lipinski definition) is 3.